The van der Waals surface area contributed by atoms with Crippen LogP contribution in [0.2, 0.25) is 0 Å². The number of aromatic amines is 2. The highest BCUT2D eigenvalue weighted by Gasteiger charge is 2.17. The van der Waals surface area contributed by atoms with Crippen molar-refractivity contribution in [3.05, 3.63) is 76.3 Å². The molecule has 2 aromatic carbocycles. The summed E-state index contributed by atoms with van der Waals surface area (Å²) in [6.45, 7) is 1.83. The van der Waals surface area contributed by atoms with E-state index in [4.69, 9.17) is 5.73 Å². The lowest BCUT2D eigenvalue weighted by Gasteiger charge is -2.11. The molecule has 12 nitrogen and oxygen atoms in total. The number of anilines is 3. The molecule has 4 aromatic heterocycles. The number of hydrogen-bond acceptors (Lipinski definition) is 10. The predicted octanol–water partition coefficient (Wildman–Crippen LogP) is 4.97. The summed E-state index contributed by atoms with van der Waals surface area (Å²) in [5.74, 6) is 0.908. The highest BCUT2D eigenvalue weighted by molar-refractivity contribution is 7.20. The van der Waals surface area contributed by atoms with Gasteiger partial charge in [-0.1, -0.05) is 23.5 Å². The molecule has 0 saturated carbocycles. The van der Waals surface area contributed by atoms with Crippen molar-refractivity contribution in [1.82, 2.24) is 29.7 Å². The van der Waals surface area contributed by atoms with Gasteiger partial charge in [-0.15, -0.1) is 10.2 Å². The first-order valence-electron chi connectivity index (χ1n) is 11.0. The summed E-state index contributed by atoms with van der Waals surface area (Å²) in [4.78, 5) is 26.1. The topological polar surface area (TPSA) is 179 Å². The summed E-state index contributed by atoms with van der Waals surface area (Å²) < 4.78 is 2.48. The molecule has 0 aliphatic carbocycles. The molecule has 6 aromatic rings. The molecule has 5 N–H and O–H groups in total. The van der Waals surface area contributed by atoms with Crippen LogP contribution in [0.25, 0.3) is 26.4 Å². The number of azo groups is 1. The minimum absolute atomic E-state index is 0.245. The van der Waals surface area contributed by atoms with Gasteiger partial charge in [0.25, 0.3) is 0 Å². The second-order valence-electron chi connectivity index (χ2n) is 8.10. The first-order valence-corrected chi connectivity index (χ1v) is 11.8. The molecule has 6 rings (SSSR count). The Bertz CT molecular complexity index is 1900. The Morgan fingerprint density at radius 1 is 1.11 bits per heavy atom. The van der Waals surface area contributed by atoms with Crippen LogP contribution in [0.15, 0.2) is 69.8 Å². The number of pyridine rings is 1. The lowest BCUT2D eigenvalue weighted by molar-refractivity contribution is 0.863. The van der Waals surface area contributed by atoms with E-state index in [9.17, 15) is 10.1 Å². The van der Waals surface area contributed by atoms with Crippen molar-refractivity contribution < 1.29 is 0 Å². The molecule has 0 spiro atoms. The number of nitrogens with two attached hydrogens (primary N) is 1. The van der Waals surface area contributed by atoms with Gasteiger partial charge >= 0.3 is 5.69 Å². The fourth-order valence-corrected chi connectivity index (χ4v) is 4.78. The van der Waals surface area contributed by atoms with Crippen molar-refractivity contribution in [1.29, 1.82) is 5.26 Å². The number of nitrogen functional groups attached to an aromatic ring is 1. The van der Waals surface area contributed by atoms with Gasteiger partial charge in [-0.2, -0.15) is 15.0 Å². The largest absolute Gasteiger partial charge is 0.384 e. The third-order valence-corrected chi connectivity index (χ3v) is 6.57. The van der Waals surface area contributed by atoms with Crippen LogP contribution in [0.5, 0.6) is 0 Å². The number of H-pyrrole nitrogens is 2. The molecule has 4 heterocycles. The predicted molar refractivity (Wildman–Crippen MR) is 141 cm³/mol. The van der Waals surface area contributed by atoms with Gasteiger partial charge in [0.05, 0.1) is 27.4 Å². The molecule has 0 amide bonds. The van der Waals surface area contributed by atoms with Crippen molar-refractivity contribution in [2.75, 3.05) is 11.1 Å². The van der Waals surface area contributed by atoms with Crippen molar-refractivity contribution in [3.63, 3.8) is 0 Å². The van der Waals surface area contributed by atoms with Crippen LogP contribution in [-0.4, -0.2) is 29.7 Å². The molecule has 0 saturated heterocycles. The SMILES string of the molecule is Cc1cc(N)nc(Nc2ccc3[nH]c(=O)[nH]c3c2)c1N=Nc1c(C#N)cnn1-c1nc2ccccc2s1. The summed E-state index contributed by atoms with van der Waals surface area (Å²) >= 11 is 1.43. The third kappa shape index (κ3) is 4.07. The molecule has 0 radical (unpaired) electrons. The number of benzene rings is 2. The van der Waals surface area contributed by atoms with E-state index in [0.717, 1.165) is 15.8 Å². The number of para-hydroxylation sites is 1. The van der Waals surface area contributed by atoms with Crippen LogP contribution < -0.4 is 16.7 Å². The lowest BCUT2D eigenvalue weighted by atomic mass is 10.2. The van der Waals surface area contributed by atoms with E-state index < -0.39 is 0 Å². The molecule has 0 bridgehead atoms. The number of nitriles is 1. The van der Waals surface area contributed by atoms with Crippen molar-refractivity contribution in [2.24, 2.45) is 10.2 Å². The maximum Gasteiger partial charge on any atom is 0.323 e. The van der Waals surface area contributed by atoms with Crippen molar-refractivity contribution in [2.45, 2.75) is 6.92 Å². The molecule has 0 aliphatic rings. The quantitative estimate of drug-likeness (QED) is 0.238. The molecule has 0 fully saturated rings. The molecule has 0 aliphatic heterocycles. The first kappa shape index (κ1) is 22.1. The highest BCUT2D eigenvalue weighted by Crippen LogP contribution is 2.35. The zero-order valence-corrected chi connectivity index (χ0v) is 20.0. The van der Waals surface area contributed by atoms with E-state index in [1.807, 2.05) is 31.2 Å². The maximum atomic E-state index is 11.6. The van der Waals surface area contributed by atoms with Gasteiger partial charge in [0.1, 0.15) is 23.1 Å². The van der Waals surface area contributed by atoms with Crippen LogP contribution in [0.3, 0.4) is 0 Å². The molecular formula is C24H17N11OS. The second-order valence-corrected chi connectivity index (χ2v) is 9.10. The van der Waals surface area contributed by atoms with Crippen molar-refractivity contribution >= 4 is 61.4 Å². The van der Waals surface area contributed by atoms with E-state index in [0.29, 0.717) is 39.2 Å². The Morgan fingerprint density at radius 2 is 1.95 bits per heavy atom. The Hall–Kier alpha value is -5.35. The first-order chi connectivity index (χ1) is 18.0. The Labute approximate surface area is 212 Å². The fourth-order valence-electron chi connectivity index (χ4n) is 3.86. The van der Waals surface area contributed by atoms with E-state index >= 15 is 0 Å². The summed E-state index contributed by atoms with van der Waals surface area (Å²) in [6, 6.07) is 16.8. The van der Waals surface area contributed by atoms with Crippen LogP contribution in [0.1, 0.15) is 11.1 Å². The van der Waals surface area contributed by atoms with Gasteiger partial charge in [-0.25, -0.2) is 14.8 Å². The fraction of sp³-hybridized carbons (Fsp3) is 0.0417. The molecular weight excluding hydrogens is 490 g/mol. The standard InChI is InChI=1S/C24H17N11OS/c1-12-8-19(26)32-21(28-14-6-7-15-17(9-14)30-23(36)29-15)20(12)33-34-22-13(10-25)11-27-35(22)24-31-16-4-2-3-5-18(16)37-24/h2-9,11H,1H3,(H3,26,28,32)(H2,29,30,36). The van der Waals surface area contributed by atoms with Gasteiger partial charge < -0.3 is 21.0 Å². The summed E-state index contributed by atoms with van der Waals surface area (Å²) in [5, 5.41) is 26.6. The molecule has 0 unspecified atom stereocenters. The Morgan fingerprint density at radius 3 is 2.78 bits per heavy atom. The molecule has 13 heteroatoms. The number of hydrogen-bond donors (Lipinski definition) is 4. The van der Waals surface area contributed by atoms with Crippen molar-refractivity contribution in [3.8, 4) is 11.2 Å². The van der Waals surface area contributed by atoms with Crippen LogP contribution in [0.4, 0.5) is 28.8 Å². The van der Waals surface area contributed by atoms with E-state index in [-0.39, 0.29) is 17.1 Å². The number of nitrogens with zero attached hydrogens (tertiary/aromatic N) is 7. The van der Waals surface area contributed by atoms with Gasteiger partial charge in [0.2, 0.25) is 5.13 Å². The molecule has 37 heavy (non-hydrogen) atoms. The number of rotatable bonds is 5. The number of nitrogens with one attached hydrogen (secondary N) is 3. The third-order valence-electron chi connectivity index (χ3n) is 5.55. The number of thiazole rings is 1. The van der Waals surface area contributed by atoms with Crippen LogP contribution >= 0.6 is 11.3 Å². The second kappa shape index (κ2) is 8.70. The average Bonchev–Trinajstić information content (AvgIpc) is 3.58. The van der Waals surface area contributed by atoms with Gasteiger partial charge in [-0.3, -0.25) is 0 Å². The van der Waals surface area contributed by atoms with Gasteiger partial charge in [0, 0.05) is 5.69 Å². The van der Waals surface area contributed by atoms with E-state index in [1.165, 1.54) is 22.2 Å². The number of aromatic nitrogens is 6. The Balaban J connectivity index is 1.41. The van der Waals surface area contributed by atoms with Gasteiger partial charge in [-0.05, 0) is 48.9 Å². The van der Waals surface area contributed by atoms with Gasteiger partial charge in [0.15, 0.2) is 11.6 Å². The van der Waals surface area contributed by atoms with E-state index in [2.05, 4.69) is 46.6 Å². The molecule has 180 valence electrons. The molecule has 0 atom stereocenters. The zero-order valence-electron chi connectivity index (χ0n) is 19.2. The van der Waals surface area contributed by atoms with Crippen LogP contribution in [-0.2, 0) is 0 Å². The maximum absolute atomic E-state index is 11.6. The Kier molecular flexibility index (Phi) is 5.21. The monoisotopic (exact) mass is 507 g/mol. The summed E-state index contributed by atoms with van der Waals surface area (Å²) in [6.07, 6.45) is 1.43. The lowest BCUT2D eigenvalue weighted by Crippen LogP contribution is -2.00. The number of fused-ring (bicyclic) bond motifs is 2. The minimum atomic E-state index is -0.294. The number of imidazole rings is 1. The van der Waals surface area contributed by atoms with E-state index in [1.54, 1.807) is 24.3 Å². The summed E-state index contributed by atoms with van der Waals surface area (Å²) in [7, 11) is 0. The normalized spacial score (nSPS) is 11.5. The zero-order chi connectivity index (χ0) is 25.5. The minimum Gasteiger partial charge on any atom is -0.384 e. The van der Waals surface area contributed by atoms with Crippen LogP contribution in [0, 0.1) is 18.3 Å². The smallest absolute Gasteiger partial charge is 0.323 e. The number of aryl methyl sites for hydroxylation is 1. The summed E-state index contributed by atoms with van der Waals surface area (Å²) in [5.41, 5.74) is 9.92. The highest BCUT2D eigenvalue weighted by atomic mass is 32.1. The average molecular weight is 508 g/mol.